The topological polar surface area (TPSA) is 67.4 Å². The molecule has 0 saturated carbocycles. The number of methoxy groups -OCH3 is 1. The number of anilines is 1. The Hall–Kier alpha value is -2.24. The summed E-state index contributed by atoms with van der Waals surface area (Å²) in [5, 5.41) is 5.89. The first kappa shape index (κ1) is 17.1. The third kappa shape index (κ3) is 4.87. The molecule has 5 nitrogen and oxygen atoms in total. The van der Waals surface area contributed by atoms with Crippen molar-refractivity contribution >= 4 is 40.7 Å². The SMILES string of the molecule is COc1ccc(C(=O)NCC(=O)Nc2ccc(Cl)c(Cl)c2)cc1. The molecule has 2 N–H and O–H groups in total. The number of halogens is 2. The summed E-state index contributed by atoms with van der Waals surface area (Å²) in [6, 6.07) is 11.3. The first-order valence-electron chi connectivity index (χ1n) is 6.67. The van der Waals surface area contributed by atoms with Gasteiger partial charge in [0.05, 0.1) is 23.7 Å². The van der Waals surface area contributed by atoms with Gasteiger partial charge in [0.15, 0.2) is 0 Å². The van der Waals surface area contributed by atoms with Crippen molar-refractivity contribution in [2.45, 2.75) is 0 Å². The molecule has 0 atom stereocenters. The molecule has 0 aromatic heterocycles. The van der Waals surface area contributed by atoms with E-state index in [-0.39, 0.29) is 18.4 Å². The zero-order valence-electron chi connectivity index (χ0n) is 12.2. The molecule has 0 fully saturated rings. The van der Waals surface area contributed by atoms with E-state index in [0.717, 1.165) is 0 Å². The lowest BCUT2D eigenvalue weighted by atomic mass is 10.2. The quantitative estimate of drug-likeness (QED) is 0.866. The molecule has 2 aromatic carbocycles. The van der Waals surface area contributed by atoms with Gasteiger partial charge in [0.25, 0.3) is 5.91 Å². The van der Waals surface area contributed by atoms with Gasteiger partial charge in [-0.05, 0) is 42.5 Å². The van der Waals surface area contributed by atoms with Gasteiger partial charge in [-0.25, -0.2) is 0 Å². The number of rotatable bonds is 5. The molecule has 0 saturated heterocycles. The van der Waals surface area contributed by atoms with E-state index >= 15 is 0 Å². The zero-order chi connectivity index (χ0) is 16.8. The van der Waals surface area contributed by atoms with Crippen molar-refractivity contribution in [3.63, 3.8) is 0 Å². The molecule has 7 heteroatoms. The number of ether oxygens (including phenoxy) is 1. The summed E-state index contributed by atoms with van der Waals surface area (Å²) in [6.45, 7) is -0.162. The summed E-state index contributed by atoms with van der Waals surface area (Å²) in [5.41, 5.74) is 0.941. The van der Waals surface area contributed by atoms with Crippen LogP contribution in [0.15, 0.2) is 42.5 Å². The van der Waals surface area contributed by atoms with E-state index in [4.69, 9.17) is 27.9 Å². The minimum absolute atomic E-state index is 0.162. The van der Waals surface area contributed by atoms with Crippen LogP contribution in [0.3, 0.4) is 0 Å². The second-order valence-electron chi connectivity index (χ2n) is 4.59. The van der Waals surface area contributed by atoms with Crippen LogP contribution in [0.4, 0.5) is 5.69 Å². The van der Waals surface area contributed by atoms with Crippen LogP contribution in [-0.4, -0.2) is 25.5 Å². The normalized spacial score (nSPS) is 10.0. The van der Waals surface area contributed by atoms with Crippen LogP contribution < -0.4 is 15.4 Å². The molecule has 120 valence electrons. The van der Waals surface area contributed by atoms with Crippen molar-refractivity contribution in [3.05, 3.63) is 58.1 Å². The van der Waals surface area contributed by atoms with Crippen LogP contribution in [-0.2, 0) is 4.79 Å². The van der Waals surface area contributed by atoms with Crippen molar-refractivity contribution in [2.75, 3.05) is 19.0 Å². The Morgan fingerprint density at radius 3 is 2.35 bits per heavy atom. The number of amides is 2. The van der Waals surface area contributed by atoms with Crippen molar-refractivity contribution in [1.82, 2.24) is 5.32 Å². The van der Waals surface area contributed by atoms with Gasteiger partial charge in [0.1, 0.15) is 5.75 Å². The van der Waals surface area contributed by atoms with Crippen LogP contribution in [0.1, 0.15) is 10.4 Å². The van der Waals surface area contributed by atoms with Gasteiger partial charge in [-0.15, -0.1) is 0 Å². The summed E-state index contributed by atoms with van der Waals surface area (Å²) in [4.78, 5) is 23.8. The van der Waals surface area contributed by atoms with E-state index in [9.17, 15) is 9.59 Å². The summed E-state index contributed by atoms with van der Waals surface area (Å²) >= 11 is 11.7. The van der Waals surface area contributed by atoms with E-state index in [1.807, 2.05) is 0 Å². The number of carbonyl (C=O) groups excluding carboxylic acids is 2. The van der Waals surface area contributed by atoms with Gasteiger partial charge in [0.2, 0.25) is 5.91 Å². The molecule has 0 unspecified atom stereocenters. The molecule has 0 heterocycles. The Kier molecular flexibility index (Phi) is 5.84. The van der Waals surface area contributed by atoms with E-state index in [2.05, 4.69) is 10.6 Å². The Morgan fingerprint density at radius 1 is 1.04 bits per heavy atom. The second-order valence-corrected chi connectivity index (χ2v) is 5.40. The fourth-order valence-electron chi connectivity index (χ4n) is 1.78. The first-order chi connectivity index (χ1) is 11.0. The Bertz CT molecular complexity index is 718. The Morgan fingerprint density at radius 2 is 1.74 bits per heavy atom. The Balaban J connectivity index is 1.87. The molecular formula is C16H14Cl2N2O3. The largest absolute Gasteiger partial charge is 0.497 e. The fraction of sp³-hybridized carbons (Fsp3) is 0.125. The number of carbonyl (C=O) groups is 2. The molecule has 23 heavy (non-hydrogen) atoms. The summed E-state index contributed by atoms with van der Waals surface area (Å²) in [5.74, 6) is -0.0684. The number of nitrogens with one attached hydrogen (secondary N) is 2. The third-order valence-electron chi connectivity index (χ3n) is 2.97. The van der Waals surface area contributed by atoms with E-state index in [1.165, 1.54) is 6.07 Å². The molecular weight excluding hydrogens is 339 g/mol. The maximum absolute atomic E-state index is 11.9. The third-order valence-corrected chi connectivity index (χ3v) is 3.70. The monoisotopic (exact) mass is 352 g/mol. The van der Waals surface area contributed by atoms with Crippen LogP contribution >= 0.6 is 23.2 Å². The Labute approximate surface area is 143 Å². The minimum atomic E-state index is -0.370. The lowest BCUT2D eigenvalue weighted by molar-refractivity contribution is -0.115. The van der Waals surface area contributed by atoms with Crippen LogP contribution in [0, 0.1) is 0 Å². The number of benzene rings is 2. The van der Waals surface area contributed by atoms with Gasteiger partial charge in [-0.1, -0.05) is 23.2 Å². The fourth-order valence-corrected chi connectivity index (χ4v) is 2.08. The van der Waals surface area contributed by atoms with Gasteiger partial charge in [-0.2, -0.15) is 0 Å². The maximum atomic E-state index is 11.9. The number of hydrogen-bond donors (Lipinski definition) is 2. The van der Waals surface area contributed by atoms with Crippen LogP contribution in [0.2, 0.25) is 10.0 Å². The van der Waals surface area contributed by atoms with Crippen molar-refractivity contribution in [1.29, 1.82) is 0 Å². The lowest BCUT2D eigenvalue weighted by Gasteiger charge is -2.08. The van der Waals surface area contributed by atoms with Gasteiger partial charge >= 0.3 is 0 Å². The van der Waals surface area contributed by atoms with Crippen molar-refractivity contribution in [2.24, 2.45) is 0 Å². The average molecular weight is 353 g/mol. The molecule has 0 aliphatic carbocycles. The smallest absolute Gasteiger partial charge is 0.251 e. The molecule has 0 bridgehead atoms. The second kappa shape index (κ2) is 7.85. The first-order valence-corrected chi connectivity index (χ1v) is 7.42. The number of hydrogen-bond acceptors (Lipinski definition) is 3. The van der Waals surface area contributed by atoms with Gasteiger partial charge in [-0.3, -0.25) is 9.59 Å². The molecule has 2 rings (SSSR count). The minimum Gasteiger partial charge on any atom is -0.497 e. The van der Waals surface area contributed by atoms with Gasteiger partial charge in [0, 0.05) is 11.3 Å². The average Bonchev–Trinajstić information content (AvgIpc) is 2.56. The van der Waals surface area contributed by atoms with Crippen LogP contribution in [0.5, 0.6) is 5.75 Å². The molecule has 0 aliphatic heterocycles. The predicted molar refractivity (Wildman–Crippen MR) is 90.4 cm³/mol. The van der Waals surface area contributed by atoms with Crippen molar-refractivity contribution in [3.8, 4) is 5.75 Å². The molecule has 2 amide bonds. The molecule has 0 spiro atoms. The standard InChI is InChI=1S/C16H14Cl2N2O3/c1-23-12-5-2-10(3-6-12)16(22)19-9-15(21)20-11-4-7-13(17)14(18)8-11/h2-8H,9H2,1H3,(H,19,22)(H,20,21). The maximum Gasteiger partial charge on any atom is 0.251 e. The van der Waals surface area contributed by atoms with E-state index in [0.29, 0.717) is 27.0 Å². The summed E-state index contributed by atoms with van der Waals surface area (Å²) < 4.78 is 5.02. The highest BCUT2D eigenvalue weighted by molar-refractivity contribution is 6.42. The highest BCUT2D eigenvalue weighted by Gasteiger charge is 2.09. The lowest BCUT2D eigenvalue weighted by Crippen LogP contribution is -2.32. The van der Waals surface area contributed by atoms with Gasteiger partial charge < -0.3 is 15.4 Å². The molecule has 0 radical (unpaired) electrons. The molecule has 2 aromatic rings. The van der Waals surface area contributed by atoms with Crippen LogP contribution in [0.25, 0.3) is 0 Å². The van der Waals surface area contributed by atoms with E-state index < -0.39 is 0 Å². The molecule has 0 aliphatic rings. The van der Waals surface area contributed by atoms with Crippen molar-refractivity contribution < 1.29 is 14.3 Å². The highest BCUT2D eigenvalue weighted by atomic mass is 35.5. The zero-order valence-corrected chi connectivity index (χ0v) is 13.7. The van der Waals surface area contributed by atoms with E-state index in [1.54, 1.807) is 43.5 Å². The summed E-state index contributed by atoms with van der Waals surface area (Å²) in [7, 11) is 1.54. The summed E-state index contributed by atoms with van der Waals surface area (Å²) in [6.07, 6.45) is 0. The highest BCUT2D eigenvalue weighted by Crippen LogP contribution is 2.24. The predicted octanol–water partition coefficient (Wildman–Crippen LogP) is 3.37.